The van der Waals surface area contributed by atoms with Crippen LogP contribution in [0.5, 0.6) is 0 Å². The molecule has 0 spiro atoms. The first-order valence-corrected chi connectivity index (χ1v) is 8.99. The number of sulfonamides is 1. The first-order valence-electron chi connectivity index (χ1n) is 5.65. The number of nitrogens with one attached hydrogen (secondary N) is 1. The van der Waals surface area contributed by atoms with Gasteiger partial charge < -0.3 is 0 Å². The minimum absolute atomic E-state index is 0.0278. The summed E-state index contributed by atoms with van der Waals surface area (Å²) in [6.07, 6.45) is 2.27. The van der Waals surface area contributed by atoms with E-state index in [0.29, 0.717) is 12.3 Å². The van der Waals surface area contributed by atoms with Crippen molar-refractivity contribution in [2.45, 2.75) is 39.2 Å². The normalized spacial score (nSPS) is 13.9. The van der Waals surface area contributed by atoms with Crippen molar-refractivity contribution in [1.82, 2.24) is 4.72 Å². The summed E-state index contributed by atoms with van der Waals surface area (Å²) in [4.78, 5) is 0. The van der Waals surface area contributed by atoms with Gasteiger partial charge in [-0.05, 0) is 37.7 Å². The largest absolute Gasteiger partial charge is 0.212 e. The summed E-state index contributed by atoms with van der Waals surface area (Å²) in [5.41, 5.74) is 0. The van der Waals surface area contributed by atoms with Crippen molar-refractivity contribution in [3.05, 3.63) is 0 Å². The second-order valence-corrected chi connectivity index (χ2v) is 7.36. The summed E-state index contributed by atoms with van der Waals surface area (Å²) in [6, 6.07) is 0.0278. The van der Waals surface area contributed by atoms with Crippen molar-refractivity contribution in [3.8, 4) is 0 Å². The SMILES string of the molecule is CCSCCC(C)NS(=O)(=O)CCCCCl. The Labute approximate surface area is 109 Å². The zero-order valence-electron chi connectivity index (χ0n) is 10.0. The average molecular weight is 288 g/mol. The predicted molar refractivity (Wildman–Crippen MR) is 74.0 cm³/mol. The highest BCUT2D eigenvalue weighted by atomic mass is 35.5. The Bertz CT molecular complexity index is 258. The fourth-order valence-corrected chi connectivity index (χ4v) is 3.65. The molecule has 0 heterocycles. The average Bonchev–Trinajstić information content (AvgIpc) is 2.17. The van der Waals surface area contributed by atoms with Crippen LogP contribution in [0.25, 0.3) is 0 Å². The molecule has 1 atom stereocenters. The van der Waals surface area contributed by atoms with Gasteiger partial charge in [0.2, 0.25) is 10.0 Å². The maximum absolute atomic E-state index is 11.6. The lowest BCUT2D eigenvalue weighted by Crippen LogP contribution is -2.34. The molecule has 98 valence electrons. The molecule has 3 nitrogen and oxygen atoms in total. The van der Waals surface area contributed by atoms with Crippen molar-refractivity contribution < 1.29 is 8.42 Å². The van der Waals surface area contributed by atoms with E-state index in [2.05, 4.69) is 11.6 Å². The van der Waals surface area contributed by atoms with Crippen LogP contribution >= 0.6 is 23.4 Å². The van der Waals surface area contributed by atoms with E-state index in [1.54, 1.807) is 0 Å². The number of thioether (sulfide) groups is 1. The lowest BCUT2D eigenvalue weighted by molar-refractivity contribution is 0.554. The number of unbranched alkanes of at least 4 members (excludes halogenated alkanes) is 1. The molecule has 0 aliphatic carbocycles. The molecular formula is C10H22ClNO2S2. The van der Waals surface area contributed by atoms with Crippen LogP contribution in [0.2, 0.25) is 0 Å². The van der Waals surface area contributed by atoms with Crippen molar-refractivity contribution in [2.75, 3.05) is 23.1 Å². The standard InChI is InChI=1S/C10H22ClNO2S2/c1-3-15-8-6-10(2)12-16(13,14)9-5-4-7-11/h10,12H,3-9H2,1-2H3. The second kappa shape index (κ2) is 9.57. The third-order valence-corrected chi connectivity index (χ3v) is 4.86. The molecule has 0 rings (SSSR count). The van der Waals surface area contributed by atoms with Crippen LogP contribution in [0.4, 0.5) is 0 Å². The van der Waals surface area contributed by atoms with Gasteiger partial charge in [0, 0.05) is 11.9 Å². The number of hydrogen-bond acceptors (Lipinski definition) is 3. The van der Waals surface area contributed by atoms with Gasteiger partial charge in [0.15, 0.2) is 0 Å². The zero-order valence-corrected chi connectivity index (χ0v) is 12.4. The van der Waals surface area contributed by atoms with E-state index < -0.39 is 10.0 Å². The first-order chi connectivity index (χ1) is 7.52. The topological polar surface area (TPSA) is 46.2 Å². The molecule has 0 saturated carbocycles. The van der Waals surface area contributed by atoms with Gasteiger partial charge in [0.05, 0.1) is 5.75 Å². The van der Waals surface area contributed by atoms with E-state index in [0.717, 1.165) is 24.3 Å². The Kier molecular flexibility index (Phi) is 9.90. The van der Waals surface area contributed by atoms with Gasteiger partial charge in [-0.15, -0.1) is 11.6 Å². The third kappa shape index (κ3) is 9.75. The van der Waals surface area contributed by atoms with E-state index >= 15 is 0 Å². The number of alkyl halides is 1. The lowest BCUT2D eigenvalue weighted by Gasteiger charge is -2.13. The molecule has 0 saturated heterocycles. The number of halogens is 1. The highest BCUT2D eigenvalue weighted by Crippen LogP contribution is 2.05. The van der Waals surface area contributed by atoms with Crippen LogP contribution in [0.3, 0.4) is 0 Å². The molecule has 0 amide bonds. The summed E-state index contributed by atoms with van der Waals surface area (Å²) in [7, 11) is -3.11. The Hall–Kier alpha value is 0.550. The Morgan fingerprint density at radius 2 is 2.06 bits per heavy atom. The van der Waals surface area contributed by atoms with Gasteiger partial charge in [-0.2, -0.15) is 11.8 Å². The number of hydrogen-bond donors (Lipinski definition) is 1. The van der Waals surface area contributed by atoms with Crippen molar-refractivity contribution in [1.29, 1.82) is 0 Å². The summed E-state index contributed by atoms with van der Waals surface area (Å²) in [5, 5.41) is 0. The molecule has 0 aromatic carbocycles. The maximum Gasteiger partial charge on any atom is 0.211 e. The van der Waals surface area contributed by atoms with Gasteiger partial charge in [0.1, 0.15) is 0 Å². The van der Waals surface area contributed by atoms with E-state index in [9.17, 15) is 8.42 Å². The lowest BCUT2D eigenvalue weighted by atomic mass is 10.3. The molecule has 0 fully saturated rings. The highest BCUT2D eigenvalue weighted by Gasteiger charge is 2.13. The monoisotopic (exact) mass is 287 g/mol. The van der Waals surface area contributed by atoms with Crippen LogP contribution in [-0.2, 0) is 10.0 Å². The molecule has 16 heavy (non-hydrogen) atoms. The van der Waals surface area contributed by atoms with Crippen molar-refractivity contribution >= 4 is 33.4 Å². The molecule has 1 unspecified atom stereocenters. The van der Waals surface area contributed by atoms with Crippen molar-refractivity contribution in [2.24, 2.45) is 0 Å². The van der Waals surface area contributed by atoms with Gasteiger partial charge in [-0.1, -0.05) is 6.92 Å². The van der Waals surface area contributed by atoms with Crippen molar-refractivity contribution in [3.63, 3.8) is 0 Å². The smallest absolute Gasteiger partial charge is 0.211 e. The maximum atomic E-state index is 11.6. The van der Waals surface area contributed by atoms with Gasteiger partial charge >= 0.3 is 0 Å². The van der Waals surface area contributed by atoms with Crippen LogP contribution in [-0.4, -0.2) is 37.6 Å². The van der Waals surface area contributed by atoms with Gasteiger partial charge in [0.25, 0.3) is 0 Å². The summed E-state index contributed by atoms with van der Waals surface area (Å²) in [6.45, 7) is 4.01. The highest BCUT2D eigenvalue weighted by molar-refractivity contribution is 7.99. The first kappa shape index (κ1) is 16.6. The zero-order chi connectivity index (χ0) is 12.4. The summed E-state index contributed by atoms with van der Waals surface area (Å²) < 4.78 is 25.9. The molecule has 0 aromatic heterocycles. The van der Waals surface area contributed by atoms with E-state index in [1.165, 1.54) is 0 Å². The number of rotatable bonds is 10. The molecule has 0 radical (unpaired) electrons. The molecule has 0 aliphatic rings. The molecular weight excluding hydrogens is 266 g/mol. The fraction of sp³-hybridized carbons (Fsp3) is 1.00. The molecule has 1 N–H and O–H groups in total. The minimum atomic E-state index is -3.11. The van der Waals surface area contributed by atoms with Crippen LogP contribution < -0.4 is 4.72 Å². The Balaban J connectivity index is 3.77. The fourth-order valence-electron chi connectivity index (χ4n) is 1.22. The molecule has 0 aromatic rings. The quantitative estimate of drug-likeness (QED) is 0.496. The minimum Gasteiger partial charge on any atom is -0.212 e. The van der Waals surface area contributed by atoms with E-state index in [-0.39, 0.29) is 11.8 Å². The Morgan fingerprint density at radius 3 is 2.62 bits per heavy atom. The second-order valence-electron chi connectivity index (χ2n) is 3.72. The van der Waals surface area contributed by atoms with Gasteiger partial charge in [-0.3, -0.25) is 0 Å². The molecule has 0 bridgehead atoms. The molecule has 0 aliphatic heterocycles. The summed E-state index contributed by atoms with van der Waals surface area (Å²) >= 11 is 7.33. The third-order valence-electron chi connectivity index (χ3n) is 2.08. The van der Waals surface area contributed by atoms with Crippen LogP contribution in [0.15, 0.2) is 0 Å². The van der Waals surface area contributed by atoms with Crippen LogP contribution in [0.1, 0.15) is 33.1 Å². The summed E-state index contributed by atoms with van der Waals surface area (Å²) in [5.74, 6) is 2.79. The molecule has 6 heteroatoms. The van der Waals surface area contributed by atoms with E-state index in [1.807, 2.05) is 18.7 Å². The Morgan fingerprint density at radius 1 is 1.38 bits per heavy atom. The van der Waals surface area contributed by atoms with Gasteiger partial charge in [-0.25, -0.2) is 13.1 Å². The van der Waals surface area contributed by atoms with Crippen LogP contribution in [0, 0.1) is 0 Å². The van der Waals surface area contributed by atoms with E-state index in [4.69, 9.17) is 11.6 Å². The predicted octanol–water partition coefficient (Wildman–Crippen LogP) is 2.46.